The molecule has 7 nitrogen and oxygen atoms in total. The standard InChI is InChI=1S/C12H17N5O2S/c1-2-13-10-4-3-6-16-12(10)20(18,19)17-7-5-11-14-8-9-15-11/h3-4,6,8-9,13,17H,2,5,7H2,1H3,(H,14,15). The van der Waals surface area contributed by atoms with Crippen molar-refractivity contribution in [1.29, 1.82) is 0 Å². The Morgan fingerprint density at radius 3 is 2.85 bits per heavy atom. The number of hydrogen-bond acceptors (Lipinski definition) is 5. The number of imidazole rings is 1. The first-order chi connectivity index (χ1) is 9.63. The Kier molecular flexibility index (Phi) is 4.70. The summed E-state index contributed by atoms with van der Waals surface area (Å²) in [6.45, 7) is 2.78. The average Bonchev–Trinajstić information content (AvgIpc) is 2.92. The van der Waals surface area contributed by atoms with Gasteiger partial charge in [-0.05, 0) is 19.1 Å². The fourth-order valence-corrected chi connectivity index (χ4v) is 2.87. The van der Waals surface area contributed by atoms with Crippen molar-refractivity contribution in [3.8, 4) is 0 Å². The van der Waals surface area contributed by atoms with Crippen LogP contribution in [0.25, 0.3) is 0 Å². The van der Waals surface area contributed by atoms with Crippen molar-refractivity contribution < 1.29 is 8.42 Å². The maximum absolute atomic E-state index is 12.2. The summed E-state index contributed by atoms with van der Waals surface area (Å²) >= 11 is 0. The molecule has 0 unspecified atom stereocenters. The summed E-state index contributed by atoms with van der Waals surface area (Å²) in [7, 11) is -3.63. The lowest BCUT2D eigenvalue weighted by Gasteiger charge is -2.10. The summed E-state index contributed by atoms with van der Waals surface area (Å²) in [4.78, 5) is 10.9. The van der Waals surface area contributed by atoms with E-state index in [2.05, 4.69) is 25.0 Å². The Morgan fingerprint density at radius 2 is 2.15 bits per heavy atom. The van der Waals surface area contributed by atoms with E-state index in [0.717, 1.165) is 5.82 Å². The Labute approximate surface area is 117 Å². The SMILES string of the molecule is CCNc1cccnc1S(=O)(=O)NCCc1ncc[nH]1. The second-order valence-corrected chi connectivity index (χ2v) is 5.75. The fourth-order valence-electron chi connectivity index (χ4n) is 1.74. The molecule has 20 heavy (non-hydrogen) atoms. The van der Waals surface area contributed by atoms with Gasteiger partial charge in [0.2, 0.25) is 0 Å². The van der Waals surface area contributed by atoms with Gasteiger partial charge in [-0.3, -0.25) is 0 Å². The van der Waals surface area contributed by atoms with Crippen LogP contribution in [0.2, 0.25) is 0 Å². The van der Waals surface area contributed by atoms with Gasteiger partial charge in [0.1, 0.15) is 5.82 Å². The lowest BCUT2D eigenvalue weighted by Crippen LogP contribution is -2.27. The van der Waals surface area contributed by atoms with Crippen LogP contribution in [0.15, 0.2) is 35.7 Å². The van der Waals surface area contributed by atoms with E-state index in [0.29, 0.717) is 18.7 Å². The molecule has 0 radical (unpaired) electrons. The summed E-state index contributed by atoms with van der Waals surface area (Å²) in [6, 6.07) is 3.39. The number of aromatic amines is 1. The first-order valence-corrected chi connectivity index (χ1v) is 7.78. The topological polar surface area (TPSA) is 99.8 Å². The van der Waals surface area contributed by atoms with Crippen LogP contribution in [0, 0.1) is 0 Å². The van der Waals surface area contributed by atoms with Gasteiger partial charge in [0.05, 0.1) is 5.69 Å². The number of rotatable bonds is 7. The molecule has 0 saturated carbocycles. The molecule has 3 N–H and O–H groups in total. The minimum Gasteiger partial charge on any atom is -0.383 e. The minimum absolute atomic E-state index is 0.0151. The molecule has 0 fully saturated rings. The quantitative estimate of drug-likeness (QED) is 0.700. The Balaban J connectivity index is 2.06. The van der Waals surface area contributed by atoms with E-state index in [1.807, 2.05) is 6.92 Å². The Hall–Kier alpha value is -1.93. The highest BCUT2D eigenvalue weighted by molar-refractivity contribution is 7.89. The van der Waals surface area contributed by atoms with Crippen LogP contribution in [-0.2, 0) is 16.4 Å². The van der Waals surface area contributed by atoms with Gasteiger partial charge >= 0.3 is 0 Å². The van der Waals surface area contributed by atoms with Gasteiger partial charge in [0, 0.05) is 38.1 Å². The lowest BCUT2D eigenvalue weighted by atomic mass is 10.4. The molecule has 0 spiro atoms. The molecule has 8 heteroatoms. The molecule has 0 aliphatic heterocycles. The van der Waals surface area contributed by atoms with Crippen LogP contribution in [0.4, 0.5) is 5.69 Å². The first-order valence-electron chi connectivity index (χ1n) is 6.30. The summed E-state index contributed by atoms with van der Waals surface area (Å²) in [5.41, 5.74) is 0.500. The highest BCUT2D eigenvalue weighted by atomic mass is 32.2. The van der Waals surface area contributed by atoms with Crippen LogP contribution in [-0.4, -0.2) is 36.5 Å². The largest absolute Gasteiger partial charge is 0.383 e. The van der Waals surface area contributed by atoms with E-state index in [1.165, 1.54) is 6.20 Å². The molecule has 0 bridgehead atoms. The number of nitrogens with one attached hydrogen (secondary N) is 3. The van der Waals surface area contributed by atoms with Gasteiger partial charge in [-0.1, -0.05) is 0 Å². The molecular weight excluding hydrogens is 278 g/mol. The van der Waals surface area contributed by atoms with Crippen molar-refractivity contribution in [1.82, 2.24) is 19.7 Å². The summed E-state index contributed by atoms with van der Waals surface area (Å²) < 4.78 is 26.9. The maximum Gasteiger partial charge on any atom is 0.260 e. The summed E-state index contributed by atoms with van der Waals surface area (Å²) in [5, 5.41) is 3.00. The van der Waals surface area contributed by atoms with Crippen molar-refractivity contribution >= 4 is 15.7 Å². The van der Waals surface area contributed by atoms with Crippen molar-refractivity contribution in [2.45, 2.75) is 18.4 Å². The molecule has 2 heterocycles. The first kappa shape index (κ1) is 14.5. The van der Waals surface area contributed by atoms with Gasteiger partial charge < -0.3 is 10.3 Å². The number of aromatic nitrogens is 3. The van der Waals surface area contributed by atoms with E-state index in [1.54, 1.807) is 24.5 Å². The third-order valence-electron chi connectivity index (χ3n) is 2.60. The zero-order valence-corrected chi connectivity index (χ0v) is 11.9. The number of nitrogens with zero attached hydrogens (tertiary/aromatic N) is 2. The van der Waals surface area contributed by atoms with E-state index >= 15 is 0 Å². The molecule has 0 amide bonds. The van der Waals surface area contributed by atoms with Gasteiger partial charge in [-0.15, -0.1) is 0 Å². The van der Waals surface area contributed by atoms with E-state index in [4.69, 9.17) is 0 Å². The minimum atomic E-state index is -3.63. The van der Waals surface area contributed by atoms with Gasteiger partial charge in [-0.25, -0.2) is 23.1 Å². The predicted molar refractivity (Wildman–Crippen MR) is 75.9 cm³/mol. The van der Waals surface area contributed by atoms with E-state index in [-0.39, 0.29) is 11.6 Å². The highest BCUT2D eigenvalue weighted by Gasteiger charge is 2.19. The number of pyridine rings is 1. The lowest BCUT2D eigenvalue weighted by molar-refractivity contribution is 0.577. The zero-order valence-electron chi connectivity index (χ0n) is 11.1. The van der Waals surface area contributed by atoms with Crippen LogP contribution >= 0.6 is 0 Å². The van der Waals surface area contributed by atoms with E-state index < -0.39 is 10.0 Å². The molecule has 0 saturated heterocycles. The molecule has 0 atom stereocenters. The predicted octanol–water partition coefficient (Wildman–Crippen LogP) is 0.757. The van der Waals surface area contributed by atoms with Gasteiger partial charge in [-0.2, -0.15) is 0 Å². The number of hydrogen-bond donors (Lipinski definition) is 3. The smallest absolute Gasteiger partial charge is 0.260 e. The normalized spacial score (nSPS) is 11.4. The summed E-state index contributed by atoms with van der Waals surface area (Å²) in [6.07, 6.45) is 5.29. The van der Waals surface area contributed by atoms with Crippen molar-refractivity contribution in [2.75, 3.05) is 18.4 Å². The van der Waals surface area contributed by atoms with Crippen LogP contribution < -0.4 is 10.0 Å². The molecule has 2 aromatic rings. The highest BCUT2D eigenvalue weighted by Crippen LogP contribution is 2.17. The van der Waals surface area contributed by atoms with Crippen LogP contribution in [0.3, 0.4) is 0 Å². The average molecular weight is 295 g/mol. The molecule has 2 aromatic heterocycles. The van der Waals surface area contributed by atoms with Crippen molar-refractivity contribution in [3.05, 3.63) is 36.5 Å². The van der Waals surface area contributed by atoms with Crippen LogP contribution in [0.5, 0.6) is 0 Å². The third kappa shape index (κ3) is 3.55. The molecule has 0 aliphatic carbocycles. The Bertz CT molecular complexity index is 640. The monoisotopic (exact) mass is 295 g/mol. The second-order valence-electron chi connectivity index (χ2n) is 4.07. The number of H-pyrrole nitrogens is 1. The Morgan fingerprint density at radius 1 is 1.30 bits per heavy atom. The fraction of sp³-hybridized carbons (Fsp3) is 0.333. The van der Waals surface area contributed by atoms with Crippen LogP contribution in [0.1, 0.15) is 12.7 Å². The summed E-state index contributed by atoms with van der Waals surface area (Å²) in [5.74, 6) is 0.737. The molecule has 108 valence electrons. The molecular formula is C12H17N5O2S. The number of anilines is 1. The molecule has 2 rings (SSSR count). The van der Waals surface area contributed by atoms with Gasteiger partial charge in [0.15, 0.2) is 5.03 Å². The number of sulfonamides is 1. The van der Waals surface area contributed by atoms with Gasteiger partial charge in [0.25, 0.3) is 10.0 Å². The maximum atomic E-state index is 12.2. The zero-order chi connectivity index (χ0) is 14.4. The third-order valence-corrected chi connectivity index (χ3v) is 4.02. The van der Waals surface area contributed by atoms with Crippen molar-refractivity contribution in [2.24, 2.45) is 0 Å². The molecule has 0 aromatic carbocycles. The second kappa shape index (κ2) is 6.49. The molecule has 0 aliphatic rings. The van der Waals surface area contributed by atoms with Crippen molar-refractivity contribution in [3.63, 3.8) is 0 Å². The van der Waals surface area contributed by atoms with E-state index in [9.17, 15) is 8.42 Å².